The van der Waals surface area contributed by atoms with Gasteiger partial charge in [0, 0.05) is 49.3 Å². The van der Waals surface area contributed by atoms with Crippen molar-refractivity contribution in [3.63, 3.8) is 0 Å². The molecule has 0 aliphatic carbocycles. The summed E-state index contributed by atoms with van der Waals surface area (Å²) in [6.45, 7) is 4.49. The lowest BCUT2D eigenvalue weighted by molar-refractivity contribution is -0.145. The van der Waals surface area contributed by atoms with Crippen molar-refractivity contribution in [2.75, 3.05) is 18.6 Å². The van der Waals surface area contributed by atoms with Gasteiger partial charge < -0.3 is 73.1 Å². The lowest BCUT2D eigenvalue weighted by Gasteiger charge is -2.32. The smallest absolute Gasteiger partial charge is 0.326 e. The third-order valence-corrected chi connectivity index (χ3v) is 13.8. The number of phenols is 2. The number of likely N-dealkylation sites (tertiary alicyclic amines) is 1. The number of rotatable bonds is 28. The predicted molar refractivity (Wildman–Crippen MR) is 284 cm³/mol. The van der Waals surface area contributed by atoms with E-state index in [4.69, 9.17) is 10.8 Å². The molecule has 7 amide bonds. The Hall–Kier alpha value is -7.70. The number of thioether (sulfide) groups is 1. The number of aromatic hydroxyl groups is 2. The Balaban J connectivity index is 1.34. The van der Waals surface area contributed by atoms with Gasteiger partial charge in [-0.15, -0.1) is 0 Å². The number of benzene rings is 3. The molecule has 3 aromatic carbocycles. The number of carboxylic acids is 2. The van der Waals surface area contributed by atoms with E-state index < -0.39 is 114 Å². The molecule has 0 unspecified atom stereocenters. The minimum absolute atomic E-state index is 0.00729. The highest BCUT2D eigenvalue weighted by molar-refractivity contribution is 7.98. The number of carbonyl (C=O) groups excluding carboxylic acids is 7. The van der Waals surface area contributed by atoms with E-state index in [-0.39, 0.29) is 63.0 Å². The van der Waals surface area contributed by atoms with Crippen LogP contribution in [0, 0.1) is 5.92 Å². The van der Waals surface area contributed by atoms with Gasteiger partial charge in [-0.2, -0.15) is 11.8 Å². The first kappa shape index (κ1) is 60.2. The van der Waals surface area contributed by atoms with Gasteiger partial charge >= 0.3 is 11.9 Å². The van der Waals surface area contributed by atoms with Gasteiger partial charge in [0.1, 0.15) is 53.8 Å². The fraction of sp³-hybridized carbons (Fsp3) is 0.453. The molecule has 0 bridgehead atoms. The Morgan fingerprint density at radius 1 is 0.675 bits per heavy atom. The fourth-order valence-electron chi connectivity index (χ4n) is 8.78. The monoisotopic (exact) mass is 1090 g/mol. The van der Waals surface area contributed by atoms with E-state index in [2.05, 4.69) is 36.9 Å². The number of carbonyl (C=O) groups is 9. The van der Waals surface area contributed by atoms with Crippen LogP contribution in [-0.2, 0) is 62.4 Å². The predicted octanol–water partition coefficient (Wildman–Crippen LogP) is 0.573. The van der Waals surface area contributed by atoms with Crippen molar-refractivity contribution in [3.8, 4) is 11.5 Å². The molecule has 5 rings (SSSR count). The number of para-hydroxylation sites is 1. The van der Waals surface area contributed by atoms with Gasteiger partial charge in [0.25, 0.3) is 0 Å². The Morgan fingerprint density at radius 2 is 1.22 bits per heavy atom. The quantitative estimate of drug-likeness (QED) is 0.0370. The molecule has 77 heavy (non-hydrogen) atoms. The summed E-state index contributed by atoms with van der Waals surface area (Å²) >= 11 is 1.38. The molecule has 23 nitrogen and oxygen atoms in total. The summed E-state index contributed by atoms with van der Waals surface area (Å²) in [4.78, 5) is 126. The molecule has 14 N–H and O–H groups in total. The second-order valence-corrected chi connectivity index (χ2v) is 20.3. The van der Waals surface area contributed by atoms with Gasteiger partial charge in [0.05, 0.1) is 12.1 Å². The van der Waals surface area contributed by atoms with Crippen LogP contribution in [0.3, 0.4) is 0 Å². The van der Waals surface area contributed by atoms with E-state index in [0.717, 1.165) is 15.8 Å². The lowest BCUT2D eigenvalue weighted by atomic mass is 9.99. The number of aromatic amines is 1. The van der Waals surface area contributed by atoms with Crippen LogP contribution in [-0.4, -0.2) is 162 Å². The molecule has 1 fully saturated rings. The zero-order valence-corrected chi connectivity index (χ0v) is 44.0. The van der Waals surface area contributed by atoms with Crippen molar-refractivity contribution in [2.45, 2.75) is 127 Å². The summed E-state index contributed by atoms with van der Waals surface area (Å²) in [5.74, 6) is -8.66. The first-order chi connectivity index (χ1) is 36.6. The van der Waals surface area contributed by atoms with Crippen LogP contribution in [0.4, 0.5) is 0 Å². The van der Waals surface area contributed by atoms with Gasteiger partial charge in [0.15, 0.2) is 0 Å². The topological polar surface area (TPSA) is 372 Å². The number of aliphatic carboxylic acids is 2. The van der Waals surface area contributed by atoms with Gasteiger partial charge in [-0.1, -0.05) is 56.3 Å². The van der Waals surface area contributed by atoms with E-state index in [1.807, 2.05) is 18.2 Å². The molecule has 1 aliphatic rings. The molecular weight excluding hydrogens is 1020 g/mol. The van der Waals surface area contributed by atoms with E-state index in [1.54, 1.807) is 32.4 Å². The number of nitrogens with one attached hydrogen (secondary N) is 7. The zero-order chi connectivity index (χ0) is 56.5. The number of fused-ring (bicyclic) bond motifs is 1. The van der Waals surface area contributed by atoms with E-state index in [1.165, 1.54) is 67.2 Å². The van der Waals surface area contributed by atoms with E-state index in [9.17, 15) is 63.6 Å². The maximum absolute atomic E-state index is 14.5. The molecule has 0 radical (unpaired) electrons. The molecular formula is C53H69N9O14S. The minimum atomic E-state index is -1.70. The standard InChI is InChI=1S/C53H69N9O14S/c1-28(2)44(60-47(69)38(21-23-77-4)56-46(68)36(54)19-20-43(66)67)51(73)58-40(25-31-13-17-34(65)18-14-31)49(71)61-45(29(3)63)52(74)62-22-7-10-42(62)50(72)57-39(24-30-11-15-33(64)16-12-30)48(70)59-41(53(75)76)26-32-27-55-37-9-6-5-8-35(32)37/h5-6,8-9,11-18,27-29,36,38-42,44-45,55,63-65H,7,10,19-26,54H2,1-4H3,(H,56,68)(H,57,72)(H,58,73)(H,59,70)(H,60,69)(H,61,71)(H,66,67)(H,75,76)/t29-,36+,38+,39+,40+,41+,42+,44+,45+/m1/s1. The Kier molecular flexibility index (Phi) is 22.2. The Bertz CT molecular complexity index is 2720. The Morgan fingerprint density at radius 3 is 1.79 bits per heavy atom. The molecule has 1 aromatic heterocycles. The van der Waals surface area contributed by atoms with Crippen LogP contribution in [0.5, 0.6) is 11.5 Å². The summed E-state index contributed by atoms with van der Waals surface area (Å²) in [5.41, 5.74) is 8.23. The highest BCUT2D eigenvalue weighted by Crippen LogP contribution is 2.23. The van der Waals surface area contributed by atoms with Crippen molar-refractivity contribution in [1.29, 1.82) is 0 Å². The molecule has 9 atom stereocenters. The number of phenolic OH excluding ortho intramolecular Hbond substituents is 2. The van der Waals surface area contributed by atoms with Crippen molar-refractivity contribution >= 4 is 76.0 Å². The third-order valence-electron chi connectivity index (χ3n) is 13.1. The summed E-state index contributed by atoms with van der Waals surface area (Å²) in [6, 6.07) is 7.80. The van der Waals surface area contributed by atoms with Gasteiger partial charge in [-0.25, -0.2) is 4.79 Å². The van der Waals surface area contributed by atoms with Crippen LogP contribution in [0.2, 0.25) is 0 Å². The molecule has 24 heteroatoms. The Labute approximate surface area is 448 Å². The summed E-state index contributed by atoms with van der Waals surface area (Å²) in [5, 5.41) is 66.7. The summed E-state index contributed by atoms with van der Waals surface area (Å²) in [6.07, 6.45) is 1.32. The largest absolute Gasteiger partial charge is 0.508 e. The summed E-state index contributed by atoms with van der Waals surface area (Å²) < 4.78 is 0. The van der Waals surface area contributed by atoms with Crippen LogP contribution in [0.1, 0.15) is 69.6 Å². The third kappa shape index (κ3) is 17.4. The van der Waals surface area contributed by atoms with Gasteiger partial charge in [-0.05, 0) is 97.6 Å². The first-order valence-electron chi connectivity index (χ1n) is 25.2. The van der Waals surface area contributed by atoms with Crippen molar-refractivity contribution in [3.05, 3.63) is 95.7 Å². The number of nitrogens with two attached hydrogens (primary N) is 1. The second-order valence-electron chi connectivity index (χ2n) is 19.4. The number of hydrogen-bond donors (Lipinski definition) is 13. The van der Waals surface area contributed by atoms with Crippen LogP contribution in [0.25, 0.3) is 10.9 Å². The average molecular weight is 1090 g/mol. The molecule has 0 spiro atoms. The first-order valence-corrected chi connectivity index (χ1v) is 26.6. The number of aliphatic hydroxyl groups excluding tert-OH is 1. The second kappa shape index (κ2) is 28.4. The molecule has 1 saturated heterocycles. The molecule has 2 heterocycles. The van der Waals surface area contributed by atoms with Crippen molar-refractivity contribution in [2.24, 2.45) is 11.7 Å². The fourth-order valence-corrected chi connectivity index (χ4v) is 9.25. The van der Waals surface area contributed by atoms with Crippen LogP contribution in [0.15, 0.2) is 79.0 Å². The number of amides is 7. The van der Waals surface area contributed by atoms with Crippen LogP contribution < -0.4 is 37.6 Å². The SMILES string of the molecule is CSCC[C@H](NC(=O)[C@@H](N)CCC(=O)O)C(=O)N[C@H](C(=O)N[C@@H](Cc1ccc(O)cc1)C(=O)N[C@H](C(=O)N1CCC[C@H]1C(=O)N[C@@H](Cc1ccc(O)cc1)C(=O)N[C@@H](Cc1c[nH]c2ccccc12)C(=O)O)[C@@H](C)O)C(C)C. The normalized spacial score (nSPS) is 16.4. The van der Waals surface area contributed by atoms with Gasteiger partial charge in [0.2, 0.25) is 41.4 Å². The molecule has 0 saturated carbocycles. The van der Waals surface area contributed by atoms with Crippen molar-refractivity contribution < 1.29 is 68.7 Å². The highest BCUT2D eigenvalue weighted by Gasteiger charge is 2.42. The maximum Gasteiger partial charge on any atom is 0.326 e. The lowest BCUT2D eigenvalue weighted by Crippen LogP contribution is -2.62. The highest BCUT2D eigenvalue weighted by atomic mass is 32.2. The average Bonchev–Trinajstić information content (AvgIpc) is 4.06. The number of hydrogen-bond acceptors (Lipinski definition) is 14. The minimum Gasteiger partial charge on any atom is -0.508 e. The summed E-state index contributed by atoms with van der Waals surface area (Å²) in [7, 11) is 0. The molecule has 416 valence electrons. The number of nitrogens with zero attached hydrogens (tertiary/aromatic N) is 1. The molecule has 1 aliphatic heterocycles. The zero-order valence-electron chi connectivity index (χ0n) is 43.2. The number of H-pyrrole nitrogens is 1. The molecule has 4 aromatic rings. The number of aliphatic hydroxyl groups is 1. The maximum atomic E-state index is 14.5. The van der Waals surface area contributed by atoms with Gasteiger partial charge in [-0.3, -0.25) is 38.4 Å². The van der Waals surface area contributed by atoms with Crippen LogP contribution >= 0.6 is 11.8 Å². The van der Waals surface area contributed by atoms with Crippen molar-refractivity contribution in [1.82, 2.24) is 41.8 Å². The van der Waals surface area contributed by atoms with E-state index in [0.29, 0.717) is 28.9 Å². The number of aromatic nitrogens is 1. The van der Waals surface area contributed by atoms with E-state index >= 15 is 0 Å². The number of carboxylic acid groups (broad SMARTS) is 2.